The number of nitrogens with one attached hydrogen (secondary N) is 2. The van der Waals surface area contributed by atoms with E-state index in [1.54, 1.807) is 32.9 Å². The second-order valence-corrected chi connectivity index (χ2v) is 9.68. The van der Waals surface area contributed by atoms with Crippen LogP contribution < -0.4 is 15.2 Å². The quantitative estimate of drug-likeness (QED) is 0.569. The average Bonchev–Trinajstić information content (AvgIpc) is 2.63. The highest BCUT2D eigenvalue weighted by Crippen LogP contribution is 2.23. The van der Waals surface area contributed by atoms with Crippen molar-refractivity contribution >= 4 is 37.7 Å². The van der Waals surface area contributed by atoms with Gasteiger partial charge in [-0.1, -0.05) is 19.1 Å². The predicted molar refractivity (Wildman–Crippen MR) is 112 cm³/mol. The van der Waals surface area contributed by atoms with Crippen LogP contribution >= 0.6 is 0 Å². The molecule has 1 amide bonds. The number of benzene rings is 2. The van der Waals surface area contributed by atoms with Crippen molar-refractivity contribution in [2.45, 2.75) is 30.6 Å². The van der Waals surface area contributed by atoms with Crippen molar-refractivity contribution in [2.24, 2.45) is 5.14 Å². The largest absolute Gasteiger partial charge is 0.322 e. The number of amides is 1. The van der Waals surface area contributed by atoms with Gasteiger partial charge in [-0.3, -0.25) is 4.79 Å². The second kappa shape index (κ2) is 8.87. The van der Waals surface area contributed by atoms with Gasteiger partial charge in [0.25, 0.3) is 0 Å². The van der Waals surface area contributed by atoms with Crippen LogP contribution in [0.15, 0.2) is 52.3 Å². The van der Waals surface area contributed by atoms with Gasteiger partial charge in [0.15, 0.2) is 0 Å². The highest BCUT2D eigenvalue weighted by molar-refractivity contribution is 7.89. The van der Waals surface area contributed by atoms with Crippen molar-refractivity contribution in [3.63, 3.8) is 0 Å². The molecule has 29 heavy (non-hydrogen) atoms. The van der Waals surface area contributed by atoms with Crippen LogP contribution in [0.5, 0.6) is 0 Å². The number of carbonyl (C=O) groups excluding carboxylic acids is 1. The van der Waals surface area contributed by atoms with Crippen molar-refractivity contribution in [3.05, 3.63) is 59.2 Å². The number of primary sulfonamides is 1. The minimum absolute atomic E-state index is 0.0858. The number of carbonyl (C=O) groups is 1. The fraction of sp³-hybridized carbons (Fsp3) is 0.211. The number of nitrogens with two attached hydrogens (primary N) is 1. The molecule has 0 heterocycles. The summed E-state index contributed by atoms with van der Waals surface area (Å²) in [6, 6.07) is 8.79. The van der Waals surface area contributed by atoms with Crippen LogP contribution in [-0.2, 0) is 24.8 Å². The van der Waals surface area contributed by atoms with Crippen molar-refractivity contribution in [1.82, 2.24) is 4.72 Å². The van der Waals surface area contributed by atoms with E-state index in [-0.39, 0.29) is 16.3 Å². The third-order valence-corrected chi connectivity index (χ3v) is 6.63. The Morgan fingerprint density at radius 2 is 1.66 bits per heavy atom. The van der Waals surface area contributed by atoms with E-state index in [4.69, 9.17) is 5.14 Å². The smallest absolute Gasteiger partial charge is 0.248 e. The third kappa shape index (κ3) is 5.97. The van der Waals surface area contributed by atoms with Crippen LogP contribution in [0.3, 0.4) is 0 Å². The summed E-state index contributed by atoms with van der Waals surface area (Å²) < 4.78 is 49.4. The van der Waals surface area contributed by atoms with E-state index in [2.05, 4.69) is 10.0 Å². The van der Waals surface area contributed by atoms with E-state index >= 15 is 0 Å². The lowest BCUT2D eigenvalue weighted by Crippen LogP contribution is -2.22. The van der Waals surface area contributed by atoms with Crippen LogP contribution in [0.4, 0.5) is 5.69 Å². The second-order valence-electron chi connectivity index (χ2n) is 6.35. The van der Waals surface area contributed by atoms with Crippen molar-refractivity contribution < 1.29 is 21.6 Å². The van der Waals surface area contributed by atoms with Gasteiger partial charge in [-0.15, -0.1) is 0 Å². The number of hydrogen-bond donors (Lipinski definition) is 3. The first-order valence-corrected chi connectivity index (χ1v) is 11.7. The molecule has 0 unspecified atom stereocenters. The Kier molecular flexibility index (Phi) is 6.96. The first kappa shape index (κ1) is 22.8. The molecule has 0 saturated carbocycles. The summed E-state index contributed by atoms with van der Waals surface area (Å²) in [6.45, 7) is 5.45. The molecule has 0 bridgehead atoms. The molecule has 0 spiro atoms. The lowest BCUT2D eigenvalue weighted by Gasteiger charge is -2.11. The lowest BCUT2D eigenvalue weighted by molar-refractivity contribution is -0.111. The molecule has 156 valence electrons. The van der Waals surface area contributed by atoms with Gasteiger partial charge < -0.3 is 5.32 Å². The molecule has 0 aromatic heterocycles. The SMILES string of the molecule is CCNS(=O)(=O)c1ccc(/C=C/C(=O)Nc2cc(S(N)(=O)=O)cc(C)c2C)cc1. The summed E-state index contributed by atoms with van der Waals surface area (Å²) in [4.78, 5) is 12.3. The summed E-state index contributed by atoms with van der Waals surface area (Å²) in [5, 5.41) is 7.80. The Bertz CT molecular complexity index is 1150. The van der Waals surface area contributed by atoms with Gasteiger partial charge in [0.05, 0.1) is 9.79 Å². The van der Waals surface area contributed by atoms with Crippen LogP contribution in [0.2, 0.25) is 0 Å². The fourth-order valence-electron chi connectivity index (χ4n) is 2.50. The maximum atomic E-state index is 12.2. The van der Waals surface area contributed by atoms with Crippen molar-refractivity contribution in [2.75, 3.05) is 11.9 Å². The number of aryl methyl sites for hydroxylation is 1. The summed E-state index contributed by atoms with van der Waals surface area (Å²) in [5.41, 5.74) is 2.36. The van der Waals surface area contributed by atoms with Gasteiger partial charge in [-0.25, -0.2) is 26.7 Å². The minimum atomic E-state index is -3.90. The molecule has 10 heteroatoms. The van der Waals surface area contributed by atoms with Crippen molar-refractivity contribution in [1.29, 1.82) is 0 Å². The summed E-state index contributed by atoms with van der Waals surface area (Å²) in [6.07, 6.45) is 2.79. The topological polar surface area (TPSA) is 135 Å². The maximum absolute atomic E-state index is 12.2. The highest BCUT2D eigenvalue weighted by atomic mass is 32.2. The first-order valence-electron chi connectivity index (χ1n) is 8.67. The Morgan fingerprint density at radius 3 is 2.21 bits per heavy atom. The van der Waals surface area contributed by atoms with Crippen molar-refractivity contribution in [3.8, 4) is 0 Å². The number of sulfonamides is 2. The number of rotatable bonds is 7. The molecule has 2 aromatic carbocycles. The van der Waals surface area contributed by atoms with E-state index in [0.29, 0.717) is 16.8 Å². The van der Waals surface area contributed by atoms with E-state index < -0.39 is 26.0 Å². The van der Waals surface area contributed by atoms with Gasteiger partial charge in [-0.05, 0) is 60.9 Å². The van der Waals surface area contributed by atoms with Crippen LogP contribution in [0.25, 0.3) is 6.08 Å². The zero-order valence-electron chi connectivity index (χ0n) is 16.3. The molecule has 2 rings (SSSR count). The van der Waals surface area contributed by atoms with Gasteiger partial charge >= 0.3 is 0 Å². The molecule has 0 atom stereocenters. The number of hydrogen-bond acceptors (Lipinski definition) is 5. The summed E-state index contributed by atoms with van der Waals surface area (Å²) in [5.74, 6) is -0.469. The first-order chi connectivity index (χ1) is 13.4. The molecule has 0 aliphatic heterocycles. The lowest BCUT2D eigenvalue weighted by atomic mass is 10.1. The fourth-order valence-corrected chi connectivity index (χ4v) is 4.16. The standard InChI is InChI=1S/C19H23N3O5S2/c1-4-21-29(26,27)16-8-5-15(6-9-16)7-10-19(23)22-18-12-17(28(20,24)25)11-13(2)14(18)3/h5-12,21H,4H2,1-3H3,(H,22,23)(H2,20,24,25)/b10-7+. The minimum Gasteiger partial charge on any atom is -0.322 e. The molecular weight excluding hydrogens is 414 g/mol. The molecule has 8 nitrogen and oxygen atoms in total. The maximum Gasteiger partial charge on any atom is 0.248 e. The van der Waals surface area contributed by atoms with E-state index in [9.17, 15) is 21.6 Å². The van der Waals surface area contributed by atoms with E-state index in [0.717, 1.165) is 5.56 Å². The predicted octanol–water partition coefficient (Wildman–Crippen LogP) is 1.90. The van der Waals surface area contributed by atoms with Crippen LogP contribution in [0.1, 0.15) is 23.6 Å². The highest BCUT2D eigenvalue weighted by Gasteiger charge is 2.14. The molecule has 2 aromatic rings. The third-order valence-electron chi connectivity index (χ3n) is 4.18. The molecule has 4 N–H and O–H groups in total. The molecule has 0 aliphatic carbocycles. The summed E-state index contributed by atoms with van der Waals surface area (Å²) >= 11 is 0. The molecule has 0 saturated heterocycles. The van der Waals surface area contributed by atoms with E-state index in [1.165, 1.54) is 36.4 Å². The summed E-state index contributed by atoms with van der Waals surface area (Å²) in [7, 11) is -7.44. The van der Waals surface area contributed by atoms with Crippen LogP contribution in [0, 0.1) is 13.8 Å². The van der Waals surface area contributed by atoms with Gasteiger partial charge in [-0.2, -0.15) is 0 Å². The normalized spacial score (nSPS) is 12.3. The Morgan fingerprint density at radius 1 is 1.03 bits per heavy atom. The Balaban J connectivity index is 2.17. The van der Waals surface area contributed by atoms with Gasteiger partial charge in [0, 0.05) is 18.3 Å². The van der Waals surface area contributed by atoms with Gasteiger partial charge in [0.2, 0.25) is 26.0 Å². The zero-order chi connectivity index (χ0) is 21.8. The molecule has 0 radical (unpaired) electrons. The Labute approximate surface area is 170 Å². The average molecular weight is 438 g/mol. The van der Waals surface area contributed by atoms with Gasteiger partial charge in [0.1, 0.15) is 0 Å². The molecular formula is C19H23N3O5S2. The van der Waals surface area contributed by atoms with Crippen LogP contribution in [-0.4, -0.2) is 29.3 Å². The number of anilines is 1. The molecule has 0 fully saturated rings. The molecule has 0 aliphatic rings. The van der Waals surface area contributed by atoms with E-state index in [1.807, 2.05) is 0 Å². The Hall–Kier alpha value is -2.53. The monoisotopic (exact) mass is 437 g/mol. The zero-order valence-corrected chi connectivity index (χ0v) is 17.9.